The van der Waals surface area contributed by atoms with Crippen molar-refractivity contribution in [2.24, 2.45) is 0 Å². The second-order valence-corrected chi connectivity index (χ2v) is 5.35. The number of phenolic OH excluding ortho intramolecular Hbond substituents is 1. The largest absolute Gasteiger partial charge is 0.508 e. The first kappa shape index (κ1) is 16.2. The number of nitrogens with zero attached hydrogens (tertiary/aromatic N) is 1. The molecule has 0 aliphatic rings. The molecular formula is C17H13N3O5. The van der Waals surface area contributed by atoms with Crippen LogP contribution in [0.1, 0.15) is 15.9 Å². The fraction of sp³-hybridized carbons (Fsp3) is 0.0588. The van der Waals surface area contributed by atoms with E-state index in [-0.39, 0.29) is 29.1 Å². The molecule has 25 heavy (non-hydrogen) atoms. The van der Waals surface area contributed by atoms with Crippen LogP contribution in [0.5, 0.6) is 5.75 Å². The predicted octanol–water partition coefficient (Wildman–Crippen LogP) is 2.07. The molecule has 3 rings (SSSR count). The summed E-state index contributed by atoms with van der Waals surface area (Å²) in [5.74, 6) is -0.685. The van der Waals surface area contributed by atoms with Crippen LogP contribution in [-0.4, -0.2) is 20.9 Å². The average Bonchev–Trinajstić information content (AvgIpc) is 2.59. The monoisotopic (exact) mass is 339 g/mol. The van der Waals surface area contributed by atoms with Crippen molar-refractivity contribution >= 4 is 22.5 Å². The number of carbonyl (C=O) groups is 1. The summed E-state index contributed by atoms with van der Waals surface area (Å²) in [6.07, 6.45) is 0. The number of hydrogen-bond donors (Lipinski definition) is 3. The molecule has 0 spiro atoms. The first-order chi connectivity index (χ1) is 12.0. The van der Waals surface area contributed by atoms with Crippen LogP contribution in [0.3, 0.4) is 0 Å². The van der Waals surface area contributed by atoms with Crippen molar-refractivity contribution in [3.05, 3.63) is 80.1 Å². The third kappa shape index (κ3) is 3.32. The number of pyridine rings is 1. The number of hydrogen-bond acceptors (Lipinski definition) is 5. The molecule has 0 bridgehead atoms. The Balaban J connectivity index is 1.88. The number of aromatic nitrogens is 1. The fourth-order valence-corrected chi connectivity index (χ4v) is 2.49. The van der Waals surface area contributed by atoms with E-state index in [1.165, 1.54) is 24.3 Å². The first-order valence-corrected chi connectivity index (χ1v) is 7.32. The molecule has 8 heteroatoms. The van der Waals surface area contributed by atoms with E-state index in [2.05, 4.69) is 10.3 Å². The number of nitrogens with one attached hydrogen (secondary N) is 2. The molecule has 0 saturated heterocycles. The Morgan fingerprint density at radius 2 is 1.96 bits per heavy atom. The summed E-state index contributed by atoms with van der Waals surface area (Å²) >= 11 is 0. The lowest BCUT2D eigenvalue weighted by atomic mass is 10.1. The zero-order chi connectivity index (χ0) is 18.0. The summed E-state index contributed by atoms with van der Waals surface area (Å²) in [6, 6.07) is 11.6. The van der Waals surface area contributed by atoms with Crippen molar-refractivity contribution < 1.29 is 14.8 Å². The molecule has 8 nitrogen and oxygen atoms in total. The average molecular weight is 339 g/mol. The first-order valence-electron chi connectivity index (χ1n) is 7.32. The van der Waals surface area contributed by atoms with Crippen molar-refractivity contribution in [2.75, 3.05) is 0 Å². The highest BCUT2D eigenvalue weighted by atomic mass is 16.6. The highest BCUT2D eigenvalue weighted by molar-refractivity contribution is 6.05. The fourth-order valence-electron chi connectivity index (χ4n) is 2.49. The number of aromatic amines is 1. The normalized spacial score (nSPS) is 10.6. The lowest BCUT2D eigenvalue weighted by Crippen LogP contribution is -2.25. The number of carbonyl (C=O) groups excluding carboxylic acids is 1. The number of aromatic hydroxyl groups is 1. The molecule has 0 unspecified atom stereocenters. The van der Waals surface area contributed by atoms with Gasteiger partial charge in [0.25, 0.3) is 11.6 Å². The SMILES string of the molecule is O=C(NCc1cc([N+](=O)[O-])ccc1O)c1cc(=O)[nH]c2ccccc12. The van der Waals surface area contributed by atoms with Gasteiger partial charge in [0.15, 0.2) is 0 Å². The molecule has 0 aliphatic carbocycles. The lowest BCUT2D eigenvalue weighted by molar-refractivity contribution is -0.384. The molecule has 0 saturated carbocycles. The second kappa shape index (κ2) is 6.44. The molecule has 0 fully saturated rings. The molecule has 1 heterocycles. The molecule has 3 N–H and O–H groups in total. The van der Waals surface area contributed by atoms with E-state index in [1.807, 2.05) is 0 Å². The molecule has 0 atom stereocenters. The quantitative estimate of drug-likeness (QED) is 0.495. The van der Waals surface area contributed by atoms with Crippen molar-refractivity contribution in [3.8, 4) is 5.75 Å². The summed E-state index contributed by atoms with van der Waals surface area (Å²) in [7, 11) is 0. The molecule has 0 aliphatic heterocycles. The molecule has 0 radical (unpaired) electrons. The van der Waals surface area contributed by atoms with Crippen molar-refractivity contribution in [2.45, 2.75) is 6.54 Å². The Morgan fingerprint density at radius 3 is 2.72 bits per heavy atom. The Morgan fingerprint density at radius 1 is 1.20 bits per heavy atom. The van der Waals surface area contributed by atoms with Crippen LogP contribution in [0.15, 0.2) is 53.3 Å². The molecule has 3 aromatic rings. The van der Waals surface area contributed by atoms with Crippen LogP contribution in [-0.2, 0) is 6.54 Å². The van der Waals surface area contributed by atoms with Crippen LogP contribution in [0.4, 0.5) is 5.69 Å². The zero-order valence-electron chi connectivity index (χ0n) is 12.9. The van der Waals surface area contributed by atoms with Gasteiger partial charge in [-0.1, -0.05) is 18.2 Å². The second-order valence-electron chi connectivity index (χ2n) is 5.35. The summed E-state index contributed by atoms with van der Waals surface area (Å²) in [6.45, 7) is -0.118. The molecule has 1 amide bonds. The van der Waals surface area contributed by atoms with E-state index < -0.39 is 16.4 Å². The van der Waals surface area contributed by atoms with Crippen molar-refractivity contribution in [1.82, 2.24) is 10.3 Å². The Bertz CT molecular complexity index is 1040. The van der Waals surface area contributed by atoms with E-state index in [0.717, 1.165) is 0 Å². The molecular weight excluding hydrogens is 326 g/mol. The number of fused-ring (bicyclic) bond motifs is 1. The van der Waals surface area contributed by atoms with Gasteiger partial charge in [-0.2, -0.15) is 0 Å². The summed E-state index contributed by atoms with van der Waals surface area (Å²) in [5, 5.41) is 23.7. The predicted molar refractivity (Wildman–Crippen MR) is 90.5 cm³/mol. The summed E-state index contributed by atoms with van der Waals surface area (Å²) < 4.78 is 0. The number of nitro groups is 1. The van der Waals surface area contributed by atoms with Crippen LogP contribution < -0.4 is 10.9 Å². The standard InChI is InChI=1S/C17H13N3O5/c21-15-6-5-11(20(24)25)7-10(15)9-18-17(23)13-8-16(22)19-14-4-2-1-3-12(13)14/h1-8,21H,9H2,(H,18,23)(H,19,22). The van der Waals surface area contributed by atoms with Crippen LogP contribution in [0.25, 0.3) is 10.9 Å². The van der Waals surface area contributed by atoms with Crippen LogP contribution in [0, 0.1) is 10.1 Å². The minimum absolute atomic E-state index is 0.118. The number of amides is 1. The Hall–Kier alpha value is -3.68. The number of para-hydroxylation sites is 1. The van der Waals surface area contributed by atoms with Gasteiger partial charge in [0.1, 0.15) is 5.75 Å². The summed E-state index contributed by atoms with van der Waals surface area (Å²) in [4.78, 5) is 37.0. The van der Waals surface area contributed by atoms with Crippen LogP contribution in [0.2, 0.25) is 0 Å². The number of benzene rings is 2. The van der Waals surface area contributed by atoms with E-state index in [4.69, 9.17) is 0 Å². The topological polar surface area (TPSA) is 125 Å². The van der Waals surface area contributed by atoms with Gasteiger partial charge in [-0.05, 0) is 12.1 Å². The molecule has 126 valence electrons. The van der Waals surface area contributed by atoms with E-state index >= 15 is 0 Å². The van der Waals surface area contributed by atoms with Gasteiger partial charge >= 0.3 is 0 Å². The third-order valence-electron chi connectivity index (χ3n) is 3.71. The Kier molecular flexibility index (Phi) is 4.17. The number of H-pyrrole nitrogens is 1. The van der Waals surface area contributed by atoms with Crippen LogP contribution >= 0.6 is 0 Å². The van der Waals surface area contributed by atoms with E-state index in [1.54, 1.807) is 24.3 Å². The number of phenols is 1. The highest BCUT2D eigenvalue weighted by Gasteiger charge is 2.14. The highest BCUT2D eigenvalue weighted by Crippen LogP contribution is 2.23. The van der Waals surface area contributed by atoms with Gasteiger partial charge in [-0.25, -0.2) is 0 Å². The smallest absolute Gasteiger partial charge is 0.270 e. The molecule has 1 aromatic heterocycles. The van der Waals surface area contributed by atoms with Crippen molar-refractivity contribution in [1.29, 1.82) is 0 Å². The van der Waals surface area contributed by atoms with Gasteiger partial charge in [-0.3, -0.25) is 19.7 Å². The van der Waals surface area contributed by atoms with Gasteiger partial charge < -0.3 is 15.4 Å². The number of nitro benzene ring substituents is 1. The van der Waals surface area contributed by atoms with Gasteiger partial charge in [-0.15, -0.1) is 0 Å². The van der Waals surface area contributed by atoms with Crippen molar-refractivity contribution in [3.63, 3.8) is 0 Å². The molecule has 2 aromatic carbocycles. The minimum Gasteiger partial charge on any atom is -0.508 e. The zero-order valence-corrected chi connectivity index (χ0v) is 12.9. The van der Waals surface area contributed by atoms with Gasteiger partial charge in [0.2, 0.25) is 5.56 Å². The van der Waals surface area contributed by atoms with E-state index in [0.29, 0.717) is 10.9 Å². The lowest BCUT2D eigenvalue weighted by Gasteiger charge is -2.09. The third-order valence-corrected chi connectivity index (χ3v) is 3.71. The maximum absolute atomic E-state index is 12.4. The maximum Gasteiger partial charge on any atom is 0.270 e. The number of rotatable bonds is 4. The van der Waals surface area contributed by atoms with Gasteiger partial charge in [0.05, 0.1) is 10.5 Å². The number of non-ortho nitro benzene ring substituents is 1. The minimum atomic E-state index is -0.588. The van der Waals surface area contributed by atoms with Gasteiger partial charge in [0, 0.05) is 41.2 Å². The Labute approximate surface area is 140 Å². The van der Waals surface area contributed by atoms with E-state index in [9.17, 15) is 24.8 Å². The maximum atomic E-state index is 12.4. The summed E-state index contributed by atoms with van der Waals surface area (Å²) in [5.41, 5.74) is 0.310.